The maximum atomic E-state index is 8.63. The molecule has 2 N–H and O–H groups in total. The molecule has 0 aliphatic heterocycles. The van der Waals surface area contributed by atoms with Crippen LogP contribution in [0.2, 0.25) is 0 Å². The van der Waals surface area contributed by atoms with E-state index in [1.165, 1.54) is 19.3 Å². The summed E-state index contributed by atoms with van der Waals surface area (Å²) in [6.45, 7) is 4.26. The van der Waals surface area contributed by atoms with Gasteiger partial charge in [0, 0.05) is 25.0 Å². The van der Waals surface area contributed by atoms with Crippen LogP contribution in [0.1, 0.15) is 45.4 Å². The Kier molecular flexibility index (Phi) is 5.67. The maximum Gasteiger partial charge on any atom is 0.0635 e. The van der Waals surface area contributed by atoms with Crippen LogP contribution in [0.5, 0.6) is 0 Å². The first-order valence-electron chi connectivity index (χ1n) is 6.14. The Hall–Kier alpha value is -0.590. The third kappa shape index (κ3) is 4.19. The van der Waals surface area contributed by atoms with Crippen LogP contribution in [-0.2, 0) is 0 Å². The lowest BCUT2D eigenvalue weighted by Crippen LogP contribution is -2.41. The van der Waals surface area contributed by atoms with E-state index < -0.39 is 0 Å². The van der Waals surface area contributed by atoms with Crippen molar-refractivity contribution < 1.29 is 0 Å². The third-order valence-electron chi connectivity index (χ3n) is 3.28. The van der Waals surface area contributed by atoms with Gasteiger partial charge in [0.2, 0.25) is 0 Å². The van der Waals surface area contributed by atoms with Crippen molar-refractivity contribution in [2.75, 3.05) is 13.1 Å². The van der Waals surface area contributed by atoms with Gasteiger partial charge in [0.1, 0.15) is 0 Å². The van der Waals surface area contributed by atoms with E-state index in [2.05, 4.69) is 17.9 Å². The molecule has 86 valence electrons. The summed E-state index contributed by atoms with van der Waals surface area (Å²) in [5.41, 5.74) is 5.90. The number of hydrogen-bond donors (Lipinski definition) is 1. The van der Waals surface area contributed by atoms with E-state index >= 15 is 0 Å². The van der Waals surface area contributed by atoms with Crippen LogP contribution in [0.25, 0.3) is 0 Å². The summed E-state index contributed by atoms with van der Waals surface area (Å²) >= 11 is 0. The molecule has 1 rings (SSSR count). The fourth-order valence-electron chi connectivity index (χ4n) is 2.42. The standard InChI is InChI=1S/C12H23N3/c1-2-9-15(10-3-8-13)12-6-4-11(14)5-7-12/h11-12H,2-7,9-10,14H2,1H3. The molecule has 0 radical (unpaired) electrons. The minimum Gasteiger partial charge on any atom is -0.328 e. The van der Waals surface area contributed by atoms with E-state index in [9.17, 15) is 0 Å². The molecule has 1 saturated carbocycles. The molecule has 15 heavy (non-hydrogen) atoms. The highest BCUT2D eigenvalue weighted by Crippen LogP contribution is 2.22. The molecular formula is C12H23N3. The number of rotatable bonds is 5. The Morgan fingerprint density at radius 2 is 1.93 bits per heavy atom. The van der Waals surface area contributed by atoms with E-state index in [0.29, 0.717) is 18.5 Å². The van der Waals surface area contributed by atoms with E-state index in [-0.39, 0.29) is 0 Å². The Morgan fingerprint density at radius 3 is 2.47 bits per heavy atom. The summed E-state index contributed by atoms with van der Waals surface area (Å²) in [6, 6.07) is 3.33. The molecule has 0 saturated heterocycles. The zero-order valence-electron chi connectivity index (χ0n) is 9.78. The molecule has 0 aromatic heterocycles. The second-order valence-electron chi connectivity index (χ2n) is 4.51. The minimum absolute atomic E-state index is 0.417. The summed E-state index contributed by atoms with van der Waals surface area (Å²) in [6.07, 6.45) is 6.56. The number of nitrogens with zero attached hydrogens (tertiary/aromatic N) is 2. The van der Waals surface area contributed by atoms with Crippen molar-refractivity contribution in [1.29, 1.82) is 5.26 Å². The van der Waals surface area contributed by atoms with Crippen molar-refractivity contribution in [3.05, 3.63) is 0 Å². The first-order valence-corrected chi connectivity index (χ1v) is 6.14. The molecule has 1 aliphatic rings. The van der Waals surface area contributed by atoms with Gasteiger partial charge in [-0.05, 0) is 38.6 Å². The predicted octanol–water partition coefficient (Wildman–Crippen LogP) is 1.88. The average Bonchev–Trinajstić information content (AvgIpc) is 2.25. The average molecular weight is 209 g/mol. The van der Waals surface area contributed by atoms with Gasteiger partial charge in [-0.2, -0.15) is 5.26 Å². The van der Waals surface area contributed by atoms with Gasteiger partial charge in [0.05, 0.1) is 6.07 Å². The zero-order chi connectivity index (χ0) is 11.1. The van der Waals surface area contributed by atoms with Crippen LogP contribution in [0.4, 0.5) is 0 Å². The Labute approximate surface area is 93.2 Å². The molecular weight excluding hydrogens is 186 g/mol. The minimum atomic E-state index is 0.417. The van der Waals surface area contributed by atoms with Gasteiger partial charge in [-0.3, -0.25) is 4.90 Å². The van der Waals surface area contributed by atoms with Gasteiger partial charge in [-0.25, -0.2) is 0 Å². The van der Waals surface area contributed by atoms with Crippen LogP contribution >= 0.6 is 0 Å². The Balaban J connectivity index is 2.37. The summed E-state index contributed by atoms with van der Waals surface area (Å²) in [4.78, 5) is 2.48. The fraction of sp³-hybridized carbons (Fsp3) is 0.917. The van der Waals surface area contributed by atoms with Gasteiger partial charge in [-0.1, -0.05) is 6.92 Å². The van der Waals surface area contributed by atoms with Gasteiger partial charge in [-0.15, -0.1) is 0 Å². The lowest BCUT2D eigenvalue weighted by molar-refractivity contribution is 0.152. The molecule has 3 heteroatoms. The molecule has 0 unspecified atom stereocenters. The third-order valence-corrected chi connectivity index (χ3v) is 3.28. The monoisotopic (exact) mass is 209 g/mol. The highest BCUT2D eigenvalue weighted by atomic mass is 15.1. The molecule has 1 fully saturated rings. The number of nitriles is 1. The molecule has 0 bridgehead atoms. The van der Waals surface area contributed by atoms with Crippen LogP contribution in [0.15, 0.2) is 0 Å². The Morgan fingerprint density at radius 1 is 1.27 bits per heavy atom. The second-order valence-corrected chi connectivity index (χ2v) is 4.51. The topological polar surface area (TPSA) is 53.0 Å². The van der Waals surface area contributed by atoms with Crippen LogP contribution < -0.4 is 5.73 Å². The first kappa shape index (κ1) is 12.5. The molecule has 1 aliphatic carbocycles. The smallest absolute Gasteiger partial charge is 0.0635 e. The maximum absolute atomic E-state index is 8.63. The van der Waals surface area contributed by atoms with Gasteiger partial charge >= 0.3 is 0 Å². The van der Waals surface area contributed by atoms with E-state index in [1.54, 1.807) is 0 Å². The van der Waals surface area contributed by atoms with Gasteiger partial charge in [0.15, 0.2) is 0 Å². The number of nitrogens with two attached hydrogens (primary N) is 1. The predicted molar refractivity (Wildman–Crippen MR) is 62.3 cm³/mol. The highest BCUT2D eigenvalue weighted by molar-refractivity contribution is 4.83. The summed E-state index contributed by atoms with van der Waals surface area (Å²) in [5, 5.41) is 8.63. The highest BCUT2D eigenvalue weighted by Gasteiger charge is 2.23. The van der Waals surface area contributed by atoms with E-state index in [4.69, 9.17) is 11.0 Å². The summed E-state index contributed by atoms with van der Waals surface area (Å²) in [5.74, 6) is 0. The van der Waals surface area contributed by atoms with E-state index in [1.807, 2.05) is 0 Å². The molecule has 0 aromatic rings. The molecule has 3 nitrogen and oxygen atoms in total. The molecule has 0 amide bonds. The largest absolute Gasteiger partial charge is 0.328 e. The van der Waals surface area contributed by atoms with Crippen molar-refractivity contribution in [2.24, 2.45) is 5.73 Å². The quantitative estimate of drug-likeness (QED) is 0.752. The molecule has 0 spiro atoms. The van der Waals surface area contributed by atoms with Crippen LogP contribution in [0.3, 0.4) is 0 Å². The van der Waals surface area contributed by atoms with Crippen molar-refractivity contribution in [2.45, 2.75) is 57.5 Å². The molecule has 0 atom stereocenters. The van der Waals surface area contributed by atoms with Crippen molar-refractivity contribution in [3.8, 4) is 6.07 Å². The van der Waals surface area contributed by atoms with Gasteiger partial charge < -0.3 is 5.73 Å². The lowest BCUT2D eigenvalue weighted by Gasteiger charge is -2.35. The molecule has 0 aromatic carbocycles. The lowest BCUT2D eigenvalue weighted by atomic mass is 9.90. The molecule has 0 heterocycles. The van der Waals surface area contributed by atoms with Crippen LogP contribution in [-0.4, -0.2) is 30.1 Å². The normalized spacial score (nSPS) is 26.5. The summed E-state index contributed by atoms with van der Waals surface area (Å²) in [7, 11) is 0. The second kappa shape index (κ2) is 6.81. The SMILES string of the molecule is CCCN(CCC#N)C1CCC(N)CC1. The summed E-state index contributed by atoms with van der Waals surface area (Å²) < 4.78 is 0. The van der Waals surface area contributed by atoms with Gasteiger partial charge in [0.25, 0.3) is 0 Å². The zero-order valence-corrected chi connectivity index (χ0v) is 9.78. The van der Waals surface area contributed by atoms with Crippen molar-refractivity contribution in [1.82, 2.24) is 4.90 Å². The first-order chi connectivity index (χ1) is 7.27. The van der Waals surface area contributed by atoms with E-state index in [0.717, 1.165) is 25.9 Å². The van der Waals surface area contributed by atoms with Crippen LogP contribution in [0, 0.1) is 11.3 Å². The van der Waals surface area contributed by atoms with Crippen molar-refractivity contribution >= 4 is 0 Å². The number of hydrogen-bond acceptors (Lipinski definition) is 3. The Bertz CT molecular complexity index is 201. The van der Waals surface area contributed by atoms with Crippen molar-refractivity contribution in [3.63, 3.8) is 0 Å². The fourth-order valence-corrected chi connectivity index (χ4v) is 2.42.